The van der Waals surface area contributed by atoms with E-state index in [1.807, 2.05) is 45.0 Å². The molecule has 1 aliphatic heterocycles. The quantitative estimate of drug-likeness (QED) is 0.697. The number of nitrogens with zero attached hydrogens (tertiary/aromatic N) is 1. The number of benzene rings is 2. The maximum atomic E-state index is 13.3. The van der Waals surface area contributed by atoms with E-state index in [1.54, 1.807) is 0 Å². The molecule has 0 amide bonds. The van der Waals surface area contributed by atoms with E-state index in [2.05, 4.69) is 43.5 Å². The number of piperidine rings is 1. The molecule has 0 unspecified atom stereocenters. The molecule has 1 aliphatic rings. The third kappa shape index (κ3) is 5.06. The van der Waals surface area contributed by atoms with E-state index in [1.165, 1.54) is 5.56 Å². The lowest BCUT2D eigenvalue weighted by atomic mass is 9.85. The van der Waals surface area contributed by atoms with Gasteiger partial charge in [0.05, 0.1) is 4.90 Å². The number of nitrogens with one attached hydrogen (secondary N) is 1. The van der Waals surface area contributed by atoms with Crippen LogP contribution in [-0.4, -0.2) is 33.5 Å². The summed E-state index contributed by atoms with van der Waals surface area (Å²) >= 11 is 0. The Hall–Kier alpha value is -1.85. The van der Waals surface area contributed by atoms with Crippen molar-refractivity contribution >= 4 is 15.7 Å². The highest BCUT2D eigenvalue weighted by molar-refractivity contribution is 7.92. The van der Waals surface area contributed by atoms with Gasteiger partial charge in [-0.15, -0.1) is 0 Å². The lowest BCUT2D eigenvalue weighted by molar-refractivity contribution is 0.255. The molecular formula is C25H36N2O2S. The van der Waals surface area contributed by atoms with Gasteiger partial charge in [-0.2, -0.15) is 0 Å². The van der Waals surface area contributed by atoms with Gasteiger partial charge in [-0.25, -0.2) is 8.42 Å². The fourth-order valence-electron chi connectivity index (χ4n) is 4.46. The second kappa shape index (κ2) is 8.35. The van der Waals surface area contributed by atoms with Crippen molar-refractivity contribution in [1.82, 2.24) is 4.90 Å². The van der Waals surface area contributed by atoms with Crippen molar-refractivity contribution in [3.8, 4) is 0 Å². The first-order chi connectivity index (χ1) is 13.9. The van der Waals surface area contributed by atoms with Crippen molar-refractivity contribution in [2.75, 3.05) is 24.9 Å². The van der Waals surface area contributed by atoms with E-state index in [-0.39, 0.29) is 5.41 Å². The number of anilines is 1. The molecule has 164 valence electrons. The average molecular weight is 429 g/mol. The molecule has 4 nitrogen and oxygen atoms in total. The van der Waals surface area contributed by atoms with Crippen molar-refractivity contribution < 1.29 is 8.42 Å². The molecule has 2 aromatic carbocycles. The van der Waals surface area contributed by atoms with Crippen LogP contribution in [0.1, 0.15) is 67.3 Å². The summed E-state index contributed by atoms with van der Waals surface area (Å²) in [4.78, 5) is 2.74. The minimum atomic E-state index is -3.67. The first-order valence-corrected chi connectivity index (χ1v) is 12.3. The molecule has 1 fully saturated rings. The Labute approximate surface area is 182 Å². The molecule has 0 bridgehead atoms. The minimum Gasteiger partial charge on any atom is -0.306 e. The van der Waals surface area contributed by atoms with Gasteiger partial charge in [-0.3, -0.25) is 4.72 Å². The zero-order valence-electron chi connectivity index (χ0n) is 19.5. The topological polar surface area (TPSA) is 49.4 Å². The highest BCUT2D eigenvalue weighted by Crippen LogP contribution is 2.33. The standard InChI is InChI=1S/C25H36N2O2S/c1-17-12-21(20-8-10-27(7)11-9-20)16-23(13-17)26-30(28,29)24-18(2)14-22(15-19(24)3)25(4,5)6/h12-16,20,26H,8-11H2,1-7H3. The van der Waals surface area contributed by atoms with Crippen LogP contribution in [0.25, 0.3) is 0 Å². The molecule has 0 aromatic heterocycles. The number of hydrogen-bond donors (Lipinski definition) is 1. The lowest BCUT2D eigenvalue weighted by Gasteiger charge is -2.29. The molecular weight excluding hydrogens is 392 g/mol. The van der Waals surface area contributed by atoms with E-state index < -0.39 is 10.0 Å². The van der Waals surface area contributed by atoms with Crippen LogP contribution in [0.3, 0.4) is 0 Å². The zero-order chi connectivity index (χ0) is 22.3. The van der Waals surface area contributed by atoms with Gasteiger partial charge in [0, 0.05) is 5.69 Å². The largest absolute Gasteiger partial charge is 0.306 e. The van der Waals surface area contributed by atoms with Gasteiger partial charge in [0.25, 0.3) is 10.0 Å². The lowest BCUT2D eigenvalue weighted by Crippen LogP contribution is -2.29. The van der Waals surface area contributed by atoms with Crippen molar-refractivity contribution in [3.63, 3.8) is 0 Å². The van der Waals surface area contributed by atoms with Crippen molar-refractivity contribution in [2.24, 2.45) is 0 Å². The number of rotatable bonds is 4. The first kappa shape index (κ1) is 22.8. The van der Waals surface area contributed by atoms with Gasteiger partial charge in [-0.05, 0) is 105 Å². The summed E-state index contributed by atoms with van der Waals surface area (Å²) in [6.45, 7) is 14.4. The smallest absolute Gasteiger partial charge is 0.262 e. The van der Waals surface area contributed by atoms with Gasteiger partial charge < -0.3 is 4.90 Å². The molecule has 0 spiro atoms. The van der Waals surface area contributed by atoms with Gasteiger partial charge in [0.1, 0.15) is 0 Å². The maximum absolute atomic E-state index is 13.3. The number of likely N-dealkylation sites (tertiary alicyclic amines) is 1. The van der Waals surface area contributed by atoms with Crippen molar-refractivity contribution in [1.29, 1.82) is 0 Å². The normalized spacial score (nSPS) is 16.6. The summed E-state index contributed by atoms with van der Waals surface area (Å²) in [6, 6.07) is 10.1. The number of aryl methyl sites for hydroxylation is 3. The van der Waals surface area contributed by atoms with Crippen LogP contribution < -0.4 is 4.72 Å². The molecule has 0 aliphatic carbocycles. The van der Waals surface area contributed by atoms with E-state index >= 15 is 0 Å². The SMILES string of the molecule is Cc1cc(NS(=O)(=O)c2c(C)cc(C(C)(C)C)cc2C)cc(C2CCN(C)CC2)c1. The Bertz CT molecular complexity index is 1000. The van der Waals surface area contributed by atoms with Gasteiger partial charge >= 0.3 is 0 Å². The second-order valence-corrected chi connectivity index (χ2v) is 11.6. The Morgan fingerprint density at radius 2 is 1.50 bits per heavy atom. The highest BCUT2D eigenvalue weighted by atomic mass is 32.2. The van der Waals surface area contributed by atoms with Gasteiger partial charge in [0.15, 0.2) is 0 Å². The summed E-state index contributed by atoms with van der Waals surface area (Å²) < 4.78 is 29.5. The van der Waals surface area contributed by atoms with Gasteiger partial charge in [-0.1, -0.05) is 39.0 Å². The Balaban J connectivity index is 1.92. The highest BCUT2D eigenvalue weighted by Gasteiger charge is 2.24. The maximum Gasteiger partial charge on any atom is 0.262 e. The summed E-state index contributed by atoms with van der Waals surface area (Å²) in [5.74, 6) is 0.485. The van der Waals surface area contributed by atoms with Crippen LogP contribution in [0, 0.1) is 20.8 Å². The summed E-state index contributed by atoms with van der Waals surface area (Å²) in [7, 11) is -1.51. The third-order valence-electron chi connectivity index (χ3n) is 6.14. The predicted molar refractivity (Wildman–Crippen MR) is 126 cm³/mol. The van der Waals surface area contributed by atoms with E-state index in [9.17, 15) is 8.42 Å². The first-order valence-electron chi connectivity index (χ1n) is 10.8. The Kier molecular flexibility index (Phi) is 6.35. The van der Waals surface area contributed by atoms with E-state index in [0.717, 1.165) is 48.2 Å². The van der Waals surface area contributed by atoms with E-state index in [0.29, 0.717) is 16.5 Å². The third-order valence-corrected chi connectivity index (χ3v) is 7.82. The van der Waals surface area contributed by atoms with Crippen LogP contribution in [0.5, 0.6) is 0 Å². The Morgan fingerprint density at radius 3 is 2.03 bits per heavy atom. The Morgan fingerprint density at radius 1 is 0.933 bits per heavy atom. The van der Waals surface area contributed by atoms with Crippen LogP contribution in [0.2, 0.25) is 0 Å². The minimum absolute atomic E-state index is 0.0231. The molecule has 3 rings (SSSR count). The molecule has 30 heavy (non-hydrogen) atoms. The molecule has 5 heteroatoms. The molecule has 1 heterocycles. The van der Waals surface area contributed by atoms with E-state index in [4.69, 9.17) is 0 Å². The summed E-state index contributed by atoms with van der Waals surface area (Å²) in [5, 5.41) is 0. The van der Waals surface area contributed by atoms with Crippen LogP contribution in [0.15, 0.2) is 35.2 Å². The monoisotopic (exact) mass is 428 g/mol. The van der Waals surface area contributed by atoms with Gasteiger partial charge in [0.2, 0.25) is 0 Å². The zero-order valence-corrected chi connectivity index (χ0v) is 20.3. The fraction of sp³-hybridized carbons (Fsp3) is 0.520. The second-order valence-electron chi connectivity index (χ2n) is 10.0. The van der Waals surface area contributed by atoms with Crippen LogP contribution in [-0.2, 0) is 15.4 Å². The fourth-order valence-corrected chi connectivity index (χ4v) is 5.96. The van der Waals surface area contributed by atoms with Crippen molar-refractivity contribution in [2.45, 2.75) is 70.6 Å². The van der Waals surface area contributed by atoms with Crippen LogP contribution >= 0.6 is 0 Å². The average Bonchev–Trinajstić information content (AvgIpc) is 2.59. The number of hydrogen-bond acceptors (Lipinski definition) is 3. The summed E-state index contributed by atoms with van der Waals surface area (Å²) in [5.41, 5.74) is 5.67. The molecule has 0 radical (unpaired) electrons. The molecule has 1 N–H and O–H groups in total. The van der Waals surface area contributed by atoms with Crippen molar-refractivity contribution in [3.05, 3.63) is 58.1 Å². The summed E-state index contributed by atoms with van der Waals surface area (Å²) in [6.07, 6.45) is 2.22. The molecule has 1 saturated heterocycles. The molecule has 2 aromatic rings. The van der Waals surface area contributed by atoms with Crippen LogP contribution in [0.4, 0.5) is 5.69 Å². The number of sulfonamides is 1. The molecule has 0 saturated carbocycles. The predicted octanol–water partition coefficient (Wildman–Crippen LogP) is 5.52. The molecule has 0 atom stereocenters.